The van der Waals surface area contributed by atoms with Crippen LogP contribution in [-0.2, 0) is 23.8 Å². The molecule has 0 spiro atoms. The molecule has 2 atom stereocenters. The molecular formula is C9H14O5. The lowest BCUT2D eigenvalue weighted by Crippen LogP contribution is -2.42. The first-order valence-corrected chi connectivity index (χ1v) is 4.52. The molecule has 0 aromatic heterocycles. The third kappa shape index (κ3) is 3.33. The molecule has 0 N–H and O–H groups in total. The molecule has 0 aromatic rings. The van der Waals surface area contributed by atoms with Crippen LogP contribution < -0.4 is 0 Å². The third-order valence-electron chi connectivity index (χ3n) is 1.88. The molecule has 0 aromatic carbocycles. The van der Waals surface area contributed by atoms with E-state index < -0.39 is 12.1 Å². The van der Waals surface area contributed by atoms with Gasteiger partial charge in [-0.1, -0.05) is 0 Å². The summed E-state index contributed by atoms with van der Waals surface area (Å²) >= 11 is 0. The van der Waals surface area contributed by atoms with Crippen molar-refractivity contribution in [1.82, 2.24) is 0 Å². The Bertz CT molecular complexity index is 201. The zero-order valence-electron chi connectivity index (χ0n) is 8.32. The minimum absolute atomic E-state index is 0.289. The van der Waals surface area contributed by atoms with Gasteiger partial charge < -0.3 is 14.2 Å². The molecule has 80 valence electrons. The van der Waals surface area contributed by atoms with Gasteiger partial charge >= 0.3 is 11.9 Å². The molecule has 5 heteroatoms. The fourth-order valence-electron chi connectivity index (χ4n) is 1.36. The molecule has 1 heterocycles. The summed E-state index contributed by atoms with van der Waals surface area (Å²) < 4.78 is 15.1. The van der Waals surface area contributed by atoms with Gasteiger partial charge in [-0.3, -0.25) is 9.59 Å². The molecule has 0 amide bonds. The van der Waals surface area contributed by atoms with Gasteiger partial charge in [0.05, 0.1) is 13.2 Å². The van der Waals surface area contributed by atoms with Crippen LogP contribution in [0.4, 0.5) is 0 Å². The summed E-state index contributed by atoms with van der Waals surface area (Å²) in [5.74, 6) is -0.758. The lowest BCUT2D eigenvalue weighted by molar-refractivity contribution is -0.179. The van der Waals surface area contributed by atoms with E-state index in [1.807, 2.05) is 0 Å². The van der Waals surface area contributed by atoms with Gasteiger partial charge in [0.1, 0.15) is 6.10 Å². The van der Waals surface area contributed by atoms with Gasteiger partial charge in [-0.15, -0.1) is 0 Å². The molecular weight excluding hydrogens is 188 g/mol. The topological polar surface area (TPSA) is 61.8 Å². The molecule has 1 fully saturated rings. The number of hydrogen-bond donors (Lipinski definition) is 0. The second kappa shape index (κ2) is 4.95. The van der Waals surface area contributed by atoms with E-state index in [0.29, 0.717) is 13.0 Å². The van der Waals surface area contributed by atoms with E-state index in [9.17, 15) is 9.59 Å². The van der Waals surface area contributed by atoms with Crippen LogP contribution in [-0.4, -0.2) is 37.4 Å². The van der Waals surface area contributed by atoms with Crippen LogP contribution in [0.3, 0.4) is 0 Å². The van der Waals surface area contributed by atoms with Crippen LogP contribution in [0.5, 0.6) is 0 Å². The maximum absolute atomic E-state index is 10.7. The van der Waals surface area contributed by atoms with E-state index in [1.165, 1.54) is 13.8 Å². The standard InChI is InChI=1S/C9H14O5/c1-6(10)13-8-3-4-12-5-9(8)14-7(2)11/h8-9H,3-5H2,1-2H3. The van der Waals surface area contributed by atoms with Gasteiger partial charge in [0, 0.05) is 20.3 Å². The first kappa shape index (κ1) is 11.0. The van der Waals surface area contributed by atoms with Gasteiger partial charge in [0.25, 0.3) is 0 Å². The lowest BCUT2D eigenvalue weighted by Gasteiger charge is -2.29. The predicted octanol–water partition coefficient (Wildman–Crippen LogP) is 0.270. The Morgan fingerprint density at radius 2 is 1.71 bits per heavy atom. The van der Waals surface area contributed by atoms with Crippen molar-refractivity contribution >= 4 is 11.9 Å². The zero-order valence-corrected chi connectivity index (χ0v) is 8.32. The van der Waals surface area contributed by atoms with Crippen LogP contribution in [0.1, 0.15) is 20.3 Å². The highest BCUT2D eigenvalue weighted by atomic mass is 16.6. The van der Waals surface area contributed by atoms with E-state index >= 15 is 0 Å². The van der Waals surface area contributed by atoms with Gasteiger partial charge in [-0.25, -0.2) is 0 Å². The predicted molar refractivity (Wildman–Crippen MR) is 46.5 cm³/mol. The molecule has 2 unspecified atom stereocenters. The average molecular weight is 202 g/mol. The number of ether oxygens (including phenoxy) is 3. The van der Waals surface area contributed by atoms with Gasteiger partial charge in [-0.05, 0) is 0 Å². The van der Waals surface area contributed by atoms with Crippen molar-refractivity contribution in [2.75, 3.05) is 13.2 Å². The molecule has 1 rings (SSSR count). The van der Waals surface area contributed by atoms with Crippen molar-refractivity contribution in [2.45, 2.75) is 32.5 Å². The van der Waals surface area contributed by atoms with Crippen LogP contribution in [0.25, 0.3) is 0 Å². The molecule has 0 radical (unpaired) electrons. The minimum Gasteiger partial charge on any atom is -0.458 e. The van der Waals surface area contributed by atoms with Crippen LogP contribution in [0.15, 0.2) is 0 Å². The molecule has 1 aliphatic rings. The summed E-state index contributed by atoms with van der Waals surface area (Å²) in [4.78, 5) is 21.5. The number of carbonyl (C=O) groups is 2. The van der Waals surface area contributed by atoms with E-state index in [-0.39, 0.29) is 18.7 Å². The molecule has 1 saturated heterocycles. The van der Waals surface area contributed by atoms with Crippen molar-refractivity contribution < 1.29 is 23.8 Å². The summed E-state index contributed by atoms with van der Waals surface area (Å²) in [5.41, 5.74) is 0. The Morgan fingerprint density at radius 3 is 2.29 bits per heavy atom. The van der Waals surface area contributed by atoms with E-state index in [0.717, 1.165) is 0 Å². The fourth-order valence-corrected chi connectivity index (χ4v) is 1.36. The Kier molecular flexibility index (Phi) is 3.88. The highest BCUT2D eigenvalue weighted by molar-refractivity contribution is 5.67. The second-order valence-corrected chi connectivity index (χ2v) is 3.16. The quantitative estimate of drug-likeness (QED) is 0.601. The van der Waals surface area contributed by atoms with Crippen LogP contribution >= 0.6 is 0 Å². The van der Waals surface area contributed by atoms with Crippen LogP contribution in [0, 0.1) is 0 Å². The maximum Gasteiger partial charge on any atom is 0.303 e. The van der Waals surface area contributed by atoms with Crippen molar-refractivity contribution in [1.29, 1.82) is 0 Å². The van der Waals surface area contributed by atoms with Gasteiger partial charge in [-0.2, -0.15) is 0 Å². The van der Waals surface area contributed by atoms with E-state index in [1.54, 1.807) is 0 Å². The number of carbonyl (C=O) groups excluding carboxylic acids is 2. The number of esters is 2. The van der Waals surface area contributed by atoms with Gasteiger partial charge in [0.15, 0.2) is 6.10 Å². The summed E-state index contributed by atoms with van der Waals surface area (Å²) in [5, 5.41) is 0. The second-order valence-electron chi connectivity index (χ2n) is 3.16. The van der Waals surface area contributed by atoms with Crippen molar-refractivity contribution in [3.05, 3.63) is 0 Å². The first-order chi connectivity index (χ1) is 6.59. The largest absolute Gasteiger partial charge is 0.458 e. The highest BCUT2D eigenvalue weighted by Crippen LogP contribution is 2.15. The summed E-state index contributed by atoms with van der Waals surface area (Å²) in [6.07, 6.45) is -0.271. The molecule has 5 nitrogen and oxygen atoms in total. The Hall–Kier alpha value is -1.10. The van der Waals surface area contributed by atoms with Crippen molar-refractivity contribution in [3.8, 4) is 0 Å². The van der Waals surface area contributed by atoms with Gasteiger partial charge in [0.2, 0.25) is 0 Å². The van der Waals surface area contributed by atoms with Crippen molar-refractivity contribution in [3.63, 3.8) is 0 Å². The monoisotopic (exact) mass is 202 g/mol. The van der Waals surface area contributed by atoms with Crippen molar-refractivity contribution in [2.24, 2.45) is 0 Å². The fraction of sp³-hybridized carbons (Fsp3) is 0.778. The third-order valence-corrected chi connectivity index (χ3v) is 1.88. The molecule has 0 saturated carbocycles. The van der Waals surface area contributed by atoms with Crippen LogP contribution in [0.2, 0.25) is 0 Å². The highest BCUT2D eigenvalue weighted by Gasteiger charge is 2.30. The SMILES string of the molecule is CC(=O)OC1CCOCC1OC(C)=O. The Balaban J connectivity index is 2.49. The zero-order chi connectivity index (χ0) is 10.6. The summed E-state index contributed by atoms with van der Waals surface area (Å²) in [6, 6.07) is 0. The van der Waals surface area contributed by atoms with E-state index in [2.05, 4.69) is 0 Å². The molecule has 14 heavy (non-hydrogen) atoms. The maximum atomic E-state index is 10.7. The first-order valence-electron chi connectivity index (χ1n) is 4.52. The Labute approximate surface area is 82.3 Å². The van der Waals surface area contributed by atoms with E-state index in [4.69, 9.17) is 14.2 Å². The average Bonchev–Trinajstić information content (AvgIpc) is 2.06. The minimum atomic E-state index is -0.467. The summed E-state index contributed by atoms with van der Waals surface area (Å²) in [6.45, 7) is 3.47. The summed E-state index contributed by atoms with van der Waals surface area (Å²) in [7, 11) is 0. The lowest BCUT2D eigenvalue weighted by atomic mass is 10.1. The Morgan fingerprint density at radius 1 is 1.14 bits per heavy atom. The number of hydrogen-bond acceptors (Lipinski definition) is 5. The smallest absolute Gasteiger partial charge is 0.303 e. The normalized spacial score (nSPS) is 26.7. The molecule has 0 aliphatic carbocycles. The molecule has 0 bridgehead atoms. The number of rotatable bonds is 2. The molecule has 1 aliphatic heterocycles.